The summed E-state index contributed by atoms with van der Waals surface area (Å²) >= 11 is 0. The lowest BCUT2D eigenvalue weighted by molar-refractivity contribution is 0.0520. The standard InChI is InChI=1S/C18H18O10S2/c1-3-27-17(19)12-10-13(18(20)28-4-2)15(29(21,22)23)16(30(24,25)26)14(12)11-8-6-5-7-9-11/h5-10H,3-4H2,1-2H3,(H,21,22,23)(H,24,25,26). The van der Waals surface area contributed by atoms with E-state index in [0.717, 1.165) is 6.07 Å². The molecule has 30 heavy (non-hydrogen) atoms. The molecule has 2 N–H and O–H groups in total. The second-order valence-electron chi connectivity index (χ2n) is 5.76. The molecule has 0 bridgehead atoms. The zero-order chi connectivity index (χ0) is 22.7. The monoisotopic (exact) mass is 458 g/mol. The van der Waals surface area contributed by atoms with Crippen molar-refractivity contribution < 1.29 is 45.0 Å². The van der Waals surface area contributed by atoms with Crippen LogP contribution in [0.2, 0.25) is 0 Å². The minimum Gasteiger partial charge on any atom is -0.462 e. The fraction of sp³-hybridized carbons (Fsp3) is 0.222. The molecule has 0 unspecified atom stereocenters. The van der Waals surface area contributed by atoms with Crippen molar-refractivity contribution in [1.29, 1.82) is 0 Å². The Morgan fingerprint density at radius 1 is 0.800 bits per heavy atom. The molecule has 0 atom stereocenters. The van der Waals surface area contributed by atoms with Gasteiger partial charge in [-0.15, -0.1) is 0 Å². The Kier molecular flexibility index (Phi) is 6.98. The first-order valence-electron chi connectivity index (χ1n) is 8.49. The number of rotatable bonds is 7. The Bertz CT molecular complexity index is 1180. The van der Waals surface area contributed by atoms with Crippen LogP contribution in [-0.2, 0) is 29.7 Å². The summed E-state index contributed by atoms with van der Waals surface area (Å²) in [6.45, 7) is 2.53. The molecule has 10 nitrogen and oxygen atoms in total. The second kappa shape index (κ2) is 8.92. The minimum absolute atomic E-state index is 0.00786. The van der Waals surface area contributed by atoms with Gasteiger partial charge in [-0.2, -0.15) is 16.8 Å². The third kappa shape index (κ3) is 4.84. The molecular weight excluding hydrogens is 440 g/mol. The largest absolute Gasteiger partial charge is 0.462 e. The van der Waals surface area contributed by atoms with E-state index in [0.29, 0.717) is 0 Å². The van der Waals surface area contributed by atoms with Gasteiger partial charge >= 0.3 is 11.9 Å². The normalized spacial score (nSPS) is 11.7. The van der Waals surface area contributed by atoms with Crippen molar-refractivity contribution >= 4 is 32.2 Å². The molecule has 12 heteroatoms. The van der Waals surface area contributed by atoms with Crippen LogP contribution in [0.3, 0.4) is 0 Å². The molecule has 0 spiro atoms. The van der Waals surface area contributed by atoms with Gasteiger partial charge in [0.2, 0.25) is 0 Å². The summed E-state index contributed by atoms with van der Waals surface area (Å²) in [7, 11) is -10.8. The van der Waals surface area contributed by atoms with Gasteiger partial charge in [0.1, 0.15) is 9.79 Å². The highest BCUT2D eigenvalue weighted by atomic mass is 32.2. The summed E-state index contributed by atoms with van der Waals surface area (Å²) in [5.74, 6) is -2.42. The smallest absolute Gasteiger partial charge is 0.339 e. The lowest BCUT2D eigenvalue weighted by atomic mass is 9.97. The summed E-state index contributed by atoms with van der Waals surface area (Å²) in [4.78, 5) is 22.1. The van der Waals surface area contributed by atoms with E-state index >= 15 is 0 Å². The van der Waals surface area contributed by atoms with E-state index in [9.17, 15) is 35.5 Å². The number of esters is 2. The van der Waals surface area contributed by atoms with Crippen molar-refractivity contribution in [3.8, 4) is 11.1 Å². The molecule has 0 saturated heterocycles. The first-order valence-corrected chi connectivity index (χ1v) is 11.4. The predicted octanol–water partition coefficient (Wildman–Crippen LogP) is 2.20. The van der Waals surface area contributed by atoms with E-state index in [1.165, 1.54) is 38.1 Å². The van der Waals surface area contributed by atoms with Crippen molar-refractivity contribution in [3.63, 3.8) is 0 Å². The fourth-order valence-corrected chi connectivity index (χ4v) is 4.98. The third-order valence-corrected chi connectivity index (χ3v) is 5.80. The summed E-state index contributed by atoms with van der Waals surface area (Å²) in [5, 5.41) is 0. The highest BCUT2D eigenvalue weighted by Gasteiger charge is 2.37. The third-order valence-electron chi connectivity index (χ3n) is 3.80. The summed E-state index contributed by atoms with van der Waals surface area (Å²) in [6, 6.07) is 7.91. The molecule has 0 fully saturated rings. The van der Waals surface area contributed by atoms with Crippen LogP contribution in [0, 0.1) is 0 Å². The molecule has 0 aliphatic heterocycles. The van der Waals surface area contributed by atoms with Crippen LogP contribution in [-0.4, -0.2) is 51.1 Å². The SMILES string of the molecule is CCOC(=O)c1cc(C(=O)OCC)c(S(=O)(=O)O)c(S(=O)(=O)O)c1-c1ccccc1. The van der Waals surface area contributed by atoms with E-state index < -0.39 is 58.7 Å². The molecule has 2 aromatic rings. The van der Waals surface area contributed by atoms with Crippen molar-refractivity contribution in [2.24, 2.45) is 0 Å². The van der Waals surface area contributed by atoms with Crippen LogP contribution in [0.15, 0.2) is 46.2 Å². The molecule has 2 aromatic carbocycles. The molecule has 0 saturated carbocycles. The molecule has 2 rings (SSSR count). The van der Waals surface area contributed by atoms with Gasteiger partial charge in [-0.3, -0.25) is 9.11 Å². The first kappa shape index (κ1) is 23.5. The Morgan fingerprint density at radius 2 is 1.27 bits per heavy atom. The van der Waals surface area contributed by atoms with Crippen LogP contribution in [0.4, 0.5) is 0 Å². The van der Waals surface area contributed by atoms with Crippen LogP contribution < -0.4 is 0 Å². The van der Waals surface area contributed by atoms with Crippen molar-refractivity contribution in [1.82, 2.24) is 0 Å². The molecule has 0 aromatic heterocycles. The second-order valence-corrected chi connectivity index (χ2v) is 8.48. The van der Waals surface area contributed by atoms with E-state index in [1.54, 1.807) is 6.07 Å². The minimum atomic E-state index is -5.39. The summed E-state index contributed by atoms with van der Waals surface area (Å²) in [6.07, 6.45) is 0. The molecule has 0 aliphatic carbocycles. The number of hydrogen-bond acceptors (Lipinski definition) is 8. The van der Waals surface area contributed by atoms with Gasteiger partial charge < -0.3 is 9.47 Å². The van der Waals surface area contributed by atoms with Gasteiger partial charge in [-0.1, -0.05) is 30.3 Å². The number of carbonyl (C=O) groups is 2. The van der Waals surface area contributed by atoms with E-state index in [-0.39, 0.29) is 18.8 Å². The van der Waals surface area contributed by atoms with E-state index in [4.69, 9.17) is 9.47 Å². The maximum Gasteiger partial charge on any atom is 0.339 e. The zero-order valence-electron chi connectivity index (χ0n) is 15.9. The number of benzene rings is 2. The quantitative estimate of drug-likeness (QED) is 0.465. The average Bonchev–Trinajstić information content (AvgIpc) is 2.66. The highest BCUT2D eigenvalue weighted by Crippen LogP contribution is 2.38. The molecule has 0 radical (unpaired) electrons. The van der Waals surface area contributed by atoms with Gasteiger partial charge in [0.05, 0.1) is 24.3 Å². The Labute approximate surface area is 172 Å². The number of ether oxygens (including phenoxy) is 2. The topological polar surface area (TPSA) is 161 Å². The summed E-state index contributed by atoms with van der Waals surface area (Å²) < 4.78 is 77.8. The molecular formula is C18H18O10S2. The van der Waals surface area contributed by atoms with Crippen LogP contribution in [0.5, 0.6) is 0 Å². The maximum atomic E-state index is 12.5. The average molecular weight is 458 g/mol. The lowest BCUT2D eigenvalue weighted by Crippen LogP contribution is -2.20. The lowest BCUT2D eigenvalue weighted by Gasteiger charge is -2.18. The predicted molar refractivity (Wildman–Crippen MR) is 103 cm³/mol. The molecule has 162 valence electrons. The van der Waals surface area contributed by atoms with E-state index in [2.05, 4.69) is 0 Å². The van der Waals surface area contributed by atoms with Gasteiger partial charge in [-0.05, 0) is 25.5 Å². The summed E-state index contributed by atoms with van der Waals surface area (Å²) in [5.41, 5.74) is -2.02. The van der Waals surface area contributed by atoms with Crippen LogP contribution in [0.1, 0.15) is 34.6 Å². The van der Waals surface area contributed by atoms with E-state index in [1.807, 2.05) is 0 Å². The van der Waals surface area contributed by atoms with Crippen LogP contribution >= 0.6 is 0 Å². The molecule has 0 heterocycles. The van der Waals surface area contributed by atoms with Crippen LogP contribution in [0.25, 0.3) is 11.1 Å². The molecule has 0 aliphatic rings. The molecule has 0 amide bonds. The van der Waals surface area contributed by atoms with Gasteiger partial charge in [0, 0.05) is 5.56 Å². The number of carbonyl (C=O) groups excluding carboxylic acids is 2. The highest BCUT2D eigenvalue weighted by molar-refractivity contribution is 7.89. The zero-order valence-corrected chi connectivity index (χ0v) is 17.5. The Morgan fingerprint density at radius 3 is 1.70 bits per heavy atom. The van der Waals surface area contributed by atoms with Crippen molar-refractivity contribution in [3.05, 3.63) is 47.5 Å². The number of hydrogen-bond donors (Lipinski definition) is 2. The Balaban J connectivity index is 3.20. The van der Waals surface area contributed by atoms with Crippen molar-refractivity contribution in [2.75, 3.05) is 13.2 Å². The first-order chi connectivity index (χ1) is 13.9. The van der Waals surface area contributed by atoms with Crippen molar-refractivity contribution in [2.45, 2.75) is 23.6 Å². The van der Waals surface area contributed by atoms with Gasteiger partial charge in [0.15, 0.2) is 0 Å². The fourth-order valence-electron chi connectivity index (χ4n) is 2.76. The van der Waals surface area contributed by atoms with Gasteiger partial charge in [0.25, 0.3) is 20.2 Å². The Hall–Kier alpha value is -2.80. The maximum absolute atomic E-state index is 12.5. The van der Waals surface area contributed by atoms with Gasteiger partial charge in [-0.25, -0.2) is 9.59 Å².